The Bertz CT molecular complexity index is 714. The van der Waals surface area contributed by atoms with Crippen LogP contribution in [-0.2, 0) is 16.0 Å². The topological polar surface area (TPSA) is 54.0 Å². The third-order valence-electron chi connectivity index (χ3n) is 3.59. The molecule has 25 heavy (non-hydrogen) atoms. The Hall–Kier alpha value is -2.40. The normalized spacial score (nSPS) is 12.5. The molecule has 132 valence electrons. The van der Waals surface area contributed by atoms with Gasteiger partial charge in [0.05, 0.1) is 19.6 Å². The van der Waals surface area contributed by atoms with Crippen LogP contribution in [0.4, 0.5) is 0 Å². The maximum Gasteiger partial charge on any atom is 0.310 e. The number of ether oxygens (including phenoxy) is 4. The molecule has 3 rings (SSSR count). The predicted octanol–water partition coefficient (Wildman–Crippen LogP) is 3.67. The van der Waals surface area contributed by atoms with Gasteiger partial charge in [-0.3, -0.25) is 4.79 Å². The van der Waals surface area contributed by atoms with E-state index in [-0.39, 0.29) is 12.4 Å². The maximum atomic E-state index is 11.9. The number of benzene rings is 2. The molecule has 1 aliphatic rings. The van der Waals surface area contributed by atoms with Gasteiger partial charge in [0.15, 0.2) is 11.5 Å². The van der Waals surface area contributed by atoms with Gasteiger partial charge in [-0.05, 0) is 42.0 Å². The molecular formula is C19H19ClO5. The molecule has 0 aromatic heterocycles. The Morgan fingerprint density at radius 2 is 1.76 bits per heavy atom. The van der Waals surface area contributed by atoms with E-state index < -0.39 is 0 Å². The molecule has 0 amide bonds. The molecule has 6 heteroatoms. The van der Waals surface area contributed by atoms with Crippen LogP contribution >= 0.6 is 11.6 Å². The molecule has 0 aliphatic carbocycles. The lowest BCUT2D eigenvalue weighted by Gasteiger charge is -2.18. The minimum Gasteiger partial charge on any atom is -0.493 e. The fourth-order valence-corrected chi connectivity index (χ4v) is 2.51. The number of esters is 1. The van der Waals surface area contributed by atoms with Crippen LogP contribution in [0.1, 0.15) is 12.0 Å². The number of halogens is 1. The van der Waals surface area contributed by atoms with Gasteiger partial charge in [0.1, 0.15) is 19.0 Å². The van der Waals surface area contributed by atoms with Crippen molar-refractivity contribution in [2.24, 2.45) is 0 Å². The molecule has 2 aromatic rings. The minimum absolute atomic E-state index is 0.203. The second-order valence-corrected chi connectivity index (χ2v) is 5.97. The predicted molar refractivity (Wildman–Crippen MR) is 93.7 cm³/mol. The number of carbonyl (C=O) groups is 1. The molecular weight excluding hydrogens is 344 g/mol. The van der Waals surface area contributed by atoms with Crippen LogP contribution in [0.15, 0.2) is 42.5 Å². The van der Waals surface area contributed by atoms with E-state index in [1.807, 2.05) is 18.2 Å². The monoisotopic (exact) mass is 362 g/mol. The van der Waals surface area contributed by atoms with Gasteiger partial charge in [0.25, 0.3) is 0 Å². The average molecular weight is 363 g/mol. The number of rotatable bonds is 7. The molecule has 0 unspecified atom stereocenters. The van der Waals surface area contributed by atoms with Gasteiger partial charge >= 0.3 is 5.97 Å². The Labute approximate surface area is 151 Å². The van der Waals surface area contributed by atoms with Gasteiger partial charge in [0, 0.05) is 11.4 Å². The summed E-state index contributed by atoms with van der Waals surface area (Å²) in [7, 11) is 0. The molecule has 0 saturated carbocycles. The first kappa shape index (κ1) is 17.4. The Kier molecular flexibility index (Phi) is 6.01. The third-order valence-corrected chi connectivity index (χ3v) is 3.84. The van der Waals surface area contributed by atoms with Crippen molar-refractivity contribution >= 4 is 17.6 Å². The molecule has 0 saturated heterocycles. The zero-order valence-electron chi connectivity index (χ0n) is 13.7. The standard InChI is InChI=1S/C19H19ClO5/c20-15-3-5-16(6-4-15)22-8-1-9-25-19(21)13-14-2-7-17-18(12-14)24-11-10-23-17/h2-7,12H,1,8-11,13H2. The van der Waals surface area contributed by atoms with Gasteiger partial charge in [-0.2, -0.15) is 0 Å². The van der Waals surface area contributed by atoms with E-state index in [1.165, 1.54) is 0 Å². The lowest BCUT2D eigenvalue weighted by Crippen LogP contribution is -2.16. The number of hydrogen-bond acceptors (Lipinski definition) is 5. The summed E-state index contributed by atoms with van der Waals surface area (Å²) < 4.78 is 21.7. The summed E-state index contributed by atoms with van der Waals surface area (Å²) in [4.78, 5) is 11.9. The first-order valence-corrected chi connectivity index (χ1v) is 8.51. The summed E-state index contributed by atoms with van der Waals surface area (Å²) in [5.74, 6) is 1.85. The summed E-state index contributed by atoms with van der Waals surface area (Å²) in [5, 5.41) is 0.667. The van der Waals surface area contributed by atoms with Gasteiger partial charge in [-0.1, -0.05) is 17.7 Å². The zero-order chi connectivity index (χ0) is 17.5. The van der Waals surface area contributed by atoms with Crippen molar-refractivity contribution in [2.45, 2.75) is 12.8 Å². The molecule has 2 aromatic carbocycles. The number of hydrogen-bond donors (Lipinski definition) is 0. The van der Waals surface area contributed by atoms with Crippen LogP contribution in [0.2, 0.25) is 5.02 Å². The van der Waals surface area contributed by atoms with E-state index in [9.17, 15) is 4.79 Å². The van der Waals surface area contributed by atoms with Crippen molar-refractivity contribution in [3.05, 3.63) is 53.1 Å². The second kappa shape index (κ2) is 8.62. The molecule has 5 nitrogen and oxygen atoms in total. The van der Waals surface area contributed by atoms with Gasteiger partial charge in [-0.25, -0.2) is 0 Å². The van der Waals surface area contributed by atoms with Gasteiger partial charge in [-0.15, -0.1) is 0 Å². The molecule has 1 heterocycles. The van der Waals surface area contributed by atoms with Crippen molar-refractivity contribution in [1.82, 2.24) is 0 Å². The van der Waals surface area contributed by atoms with Crippen molar-refractivity contribution in [3.8, 4) is 17.2 Å². The average Bonchev–Trinajstić information content (AvgIpc) is 2.63. The fourth-order valence-electron chi connectivity index (χ4n) is 2.38. The number of carbonyl (C=O) groups excluding carboxylic acids is 1. The van der Waals surface area contributed by atoms with Crippen molar-refractivity contribution in [3.63, 3.8) is 0 Å². The van der Waals surface area contributed by atoms with Crippen LogP contribution < -0.4 is 14.2 Å². The highest BCUT2D eigenvalue weighted by molar-refractivity contribution is 6.30. The van der Waals surface area contributed by atoms with Crippen LogP contribution in [0.3, 0.4) is 0 Å². The Morgan fingerprint density at radius 3 is 2.56 bits per heavy atom. The van der Waals surface area contributed by atoms with Crippen LogP contribution in [0, 0.1) is 0 Å². The summed E-state index contributed by atoms with van der Waals surface area (Å²) >= 11 is 5.81. The van der Waals surface area contributed by atoms with E-state index in [4.69, 9.17) is 30.5 Å². The summed E-state index contributed by atoms with van der Waals surface area (Å²) in [6.07, 6.45) is 0.824. The van der Waals surface area contributed by atoms with E-state index in [0.717, 1.165) is 11.3 Å². The van der Waals surface area contributed by atoms with E-state index in [1.54, 1.807) is 24.3 Å². The lowest BCUT2D eigenvalue weighted by atomic mass is 10.1. The van der Waals surface area contributed by atoms with Crippen molar-refractivity contribution in [2.75, 3.05) is 26.4 Å². The molecule has 0 fully saturated rings. The fraction of sp³-hybridized carbons (Fsp3) is 0.316. The highest BCUT2D eigenvalue weighted by Gasteiger charge is 2.13. The second-order valence-electron chi connectivity index (χ2n) is 5.53. The first-order valence-electron chi connectivity index (χ1n) is 8.13. The Morgan fingerprint density at radius 1 is 1.00 bits per heavy atom. The Balaban J connectivity index is 1.36. The largest absolute Gasteiger partial charge is 0.493 e. The SMILES string of the molecule is O=C(Cc1ccc2c(c1)OCCO2)OCCCOc1ccc(Cl)cc1. The van der Waals surface area contributed by atoms with Gasteiger partial charge < -0.3 is 18.9 Å². The van der Waals surface area contributed by atoms with E-state index in [2.05, 4.69) is 0 Å². The van der Waals surface area contributed by atoms with Crippen molar-refractivity contribution in [1.29, 1.82) is 0 Å². The molecule has 1 aliphatic heterocycles. The molecule has 0 radical (unpaired) electrons. The highest BCUT2D eigenvalue weighted by Crippen LogP contribution is 2.30. The quantitative estimate of drug-likeness (QED) is 0.555. The summed E-state index contributed by atoms with van der Waals surface area (Å²) in [6, 6.07) is 12.6. The maximum absolute atomic E-state index is 11.9. The smallest absolute Gasteiger partial charge is 0.310 e. The zero-order valence-corrected chi connectivity index (χ0v) is 14.5. The lowest BCUT2D eigenvalue weighted by molar-refractivity contribution is -0.143. The molecule has 0 bridgehead atoms. The first-order chi connectivity index (χ1) is 12.2. The highest BCUT2D eigenvalue weighted by atomic mass is 35.5. The minimum atomic E-state index is -0.275. The van der Waals surface area contributed by atoms with E-state index in [0.29, 0.717) is 49.4 Å². The van der Waals surface area contributed by atoms with E-state index >= 15 is 0 Å². The van der Waals surface area contributed by atoms with Crippen LogP contribution in [-0.4, -0.2) is 32.4 Å². The number of fused-ring (bicyclic) bond motifs is 1. The third kappa shape index (κ3) is 5.29. The summed E-state index contributed by atoms with van der Waals surface area (Å²) in [5.41, 5.74) is 0.840. The van der Waals surface area contributed by atoms with Crippen LogP contribution in [0.25, 0.3) is 0 Å². The molecule has 0 N–H and O–H groups in total. The van der Waals surface area contributed by atoms with Gasteiger partial charge in [0.2, 0.25) is 0 Å². The van der Waals surface area contributed by atoms with Crippen molar-refractivity contribution < 1.29 is 23.7 Å². The van der Waals surface area contributed by atoms with Crippen LogP contribution in [0.5, 0.6) is 17.2 Å². The molecule has 0 spiro atoms. The molecule has 0 atom stereocenters. The summed E-state index contributed by atoms with van der Waals surface area (Å²) in [6.45, 7) is 1.86.